The van der Waals surface area contributed by atoms with Gasteiger partial charge in [0, 0.05) is 13.1 Å². The van der Waals surface area contributed by atoms with Gasteiger partial charge in [-0.15, -0.1) is 0 Å². The Hall–Kier alpha value is -2.08. The lowest BCUT2D eigenvalue weighted by molar-refractivity contribution is -0.154. The summed E-state index contributed by atoms with van der Waals surface area (Å²) >= 11 is 0. The number of carbonyl (C=O) groups is 2. The van der Waals surface area contributed by atoms with E-state index >= 15 is 0 Å². The average molecular weight is 399 g/mol. The van der Waals surface area contributed by atoms with Gasteiger partial charge in [0.25, 0.3) is 0 Å². The highest BCUT2D eigenvalue weighted by Crippen LogP contribution is 2.47. The Bertz CT molecular complexity index is 821. The number of ether oxygens (including phenoxy) is 3. The summed E-state index contributed by atoms with van der Waals surface area (Å²) in [4.78, 5) is 27.3. The van der Waals surface area contributed by atoms with Crippen molar-refractivity contribution in [2.75, 3.05) is 26.8 Å². The van der Waals surface area contributed by atoms with Gasteiger partial charge in [-0.3, -0.25) is 9.59 Å². The average Bonchev–Trinajstić information content (AvgIpc) is 3.34. The van der Waals surface area contributed by atoms with Crippen LogP contribution in [0.5, 0.6) is 5.75 Å². The number of hydrogen-bond donors (Lipinski definition) is 0. The smallest absolute Gasteiger partial charge is 0.307 e. The molecule has 3 fully saturated rings. The number of carbonyl (C=O) groups excluding carboxylic acids is 2. The van der Waals surface area contributed by atoms with E-state index in [1.54, 1.807) is 7.11 Å². The molecule has 6 heteroatoms. The molecule has 0 N–H and O–H groups in total. The number of fused-ring (bicyclic) bond motifs is 2. The van der Waals surface area contributed by atoms with E-state index in [1.165, 1.54) is 11.1 Å². The molecule has 0 bridgehead atoms. The minimum atomic E-state index is -0.534. The van der Waals surface area contributed by atoms with Gasteiger partial charge in [0.2, 0.25) is 5.91 Å². The SMILES string of the molecule is COc1ccc2c(c1)CCOC21CCN(C(=O)C2CC(=O)OC23CCCC3)CC1. The fourth-order valence-electron chi connectivity index (χ4n) is 5.93. The van der Waals surface area contributed by atoms with Crippen LogP contribution in [0.1, 0.15) is 56.1 Å². The van der Waals surface area contributed by atoms with Gasteiger partial charge in [0.15, 0.2) is 0 Å². The van der Waals surface area contributed by atoms with E-state index in [2.05, 4.69) is 12.1 Å². The van der Waals surface area contributed by atoms with Gasteiger partial charge < -0.3 is 19.1 Å². The molecule has 29 heavy (non-hydrogen) atoms. The normalized spacial score (nSPS) is 27.1. The fourth-order valence-corrected chi connectivity index (χ4v) is 5.93. The molecule has 1 amide bonds. The minimum Gasteiger partial charge on any atom is -0.497 e. The van der Waals surface area contributed by atoms with Gasteiger partial charge in [-0.2, -0.15) is 0 Å². The zero-order valence-electron chi connectivity index (χ0n) is 17.1. The zero-order valence-corrected chi connectivity index (χ0v) is 17.1. The molecular formula is C23H29NO5. The van der Waals surface area contributed by atoms with Crippen molar-refractivity contribution >= 4 is 11.9 Å². The first kappa shape index (κ1) is 18.9. The predicted octanol–water partition coefficient (Wildman–Crippen LogP) is 2.96. The van der Waals surface area contributed by atoms with Crippen molar-refractivity contribution in [3.63, 3.8) is 0 Å². The Kier molecular flexibility index (Phi) is 4.57. The molecular weight excluding hydrogens is 370 g/mol. The van der Waals surface area contributed by atoms with Crippen molar-refractivity contribution in [3.8, 4) is 5.75 Å². The summed E-state index contributed by atoms with van der Waals surface area (Å²) in [5.41, 5.74) is 1.68. The van der Waals surface area contributed by atoms with Crippen molar-refractivity contribution in [1.29, 1.82) is 0 Å². The predicted molar refractivity (Wildman–Crippen MR) is 106 cm³/mol. The first-order valence-electron chi connectivity index (χ1n) is 10.9. The van der Waals surface area contributed by atoms with Gasteiger partial charge in [-0.05, 0) is 68.2 Å². The topological polar surface area (TPSA) is 65.1 Å². The van der Waals surface area contributed by atoms with Crippen molar-refractivity contribution in [2.45, 2.75) is 62.6 Å². The largest absolute Gasteiger partial charge is 0.497 e. The minimum absolute atomic E-state index is 0.0957. The van der Waals surface area contributed by atoms with Crippen LogP contribution in [0, 0.1) is 5.92 Å². The molecule has 1 unspecified atom stereocenters. The first-order valence-corrected chi connectivity index (χ1v) is 10.9. The highest BCUT2D eigenvalue weighted by molar-refractivity contribution is 5.88. The molecule has 4 aliphatic rings. The van der Waals surface area contributed by atoms with E-state index in [9.17, 15) is 9.59 Å². The van der Waals surface area contributed by atoms with E-state index < -0.39 is 5.60 Å². The van der Waals surface area contributed by atoms with Crippen molar-refractivity contribution in [3.05, 3.63) is 29.3 Å². The van der Waals surface area contributed by atoms with Crippen LogP contribution in [0.4, 0.5) is 0 Å². The third-order valence-electron chi connectivity index (χ3n) is 7.51. The van der Waals surface area contributed by atoms with Crippen LogP contribution in [-0.4, -0.2) is 49.2 Å². The fraction of sp³-hybridized carbons (Fsp3) is 0.652. The molecule has 6 nitrogen and oxygen atoms in total. The monoisotopic (exact) mass is 399 g/mol. The molecule has 1 aromatic rings. The third kappa shape index (κ3) is 3.03. The standard InChI is InChI=1S/C23H29NO5/c1-27-17-4-5-18-16(14-17)6-13-28-22(18)9-11-24(12-10-22)21(26)19-15-20(25)29-23(19)7-2-3-8-23/h4-5,14,19H,2-3,6-13,15H2,1H3. The van der Waals surface area contributed by atoms with Crippen molar-refractivity contribution in [1.82, 2.24) is 4.90 Å². The van der Waals surface area contributed by atoms with Crippen molar-refractivity contribution in [2.24, 2.45) is 5.92 Å². The molecule has 1 saturated carbocycles. The second-order valence-corrected chi connectivity index (χ2v) is 8.94. The molecule has 5 rings (SSSR count). The highest BCUT2D eigenvalue weighted by atomic mass is 16.6. The Balaban J connectivity index is 1.32. The van der Waals surface area contributed by atoms with Crippen LogP contribution in [0.25, 0.3) is 0 Å². The Morgan fingerprint density at radius 2 is 1.93 bits per heavy atom. The van der Waals surface area contributed by atoms with E-state index in [0.717, 1.165) is 50.7 Å². The summed E-state index contributed by atoms with van der Waals surface area (Å²) in [5, 5.41) is 0. The summed E-state index contributed by atoms with van der Waals surface area (Å²) in [7, 11) is 1.69. The highest BCUT2D eigenvalue weighted by Gasteiger charge is 2.55. The Morgan fingerprint density at radius 3 is 2.66 bits per heavy atom. The quantitative estimate of drug-likeness (QED) is 0.716. The van der Waals surface area contributed by atoms with Crippen LogP contribution >= 0.6 is 0 Å². The Morgan fingerprint density at radius 1 is 1.17 bits per heavy atom. The van der Waals surface area contributed by atoms with Crippen LogP contribution < -0.4 is 4.74 Å². The lowest BCUT2D eigenvalue weighted by Gasteiger charge is -2.46. The molecule has 1 aromatic carbocycles. The number of methoxy groups -OCH3 is 1. The number of rotatable bonds is 2. The van der Waals surface area contributed by atoms with Crippen LogP contribution in [0.2, 0.25) is 0 Å². The van der Waals surface area contributed by atoms with Gasteiger partial charge >= 0.3 is 5.97 Å². The molecule has 3 heterocycles. The second kappa shape index (κ2) is 7.01. The summed E-state index contributed by atoms with van der Waals surface area (Å²) in [6.07, 6.45) is 6.42. The maximum absolute atomic E-state index is 13.3. The van der Waals surface area contributed by atoms with E-state index in [4.69, 9.17) is 14.2 Å². The van der Waals surface area contributed by atoms with Gasteiger partial charge in [0.1, 0.15) is 11.4 Å². The molecule has 0 radical (unpaired) electrons. The first-order chi connectivity index (χ1) is 14.1. The number of amides is 1. The van der Waals surface area contributed by atoms with Crippen molar-refractivity contribution < 1.29 is 23.8 Å². The molecule has 1 atom stereocenters. The van der Waals surface area contributed by atoms with Crippen LogP contribution in [0.3, 0.4) is 0 Å². The zero-order chi connectivity index (χ0) is 20.1. The summed E-state index contributed by atoms with van der Waals surface area (Å²) in [6.45, 7) is 2.01. The molecule has 1 aliphatic carbocycles. The molecule has 2 saturated heterocycles. The van der Waals surface area contributed by atoms with E-state index in [-0.39, 0.29) is 29.8 Å². The number of hydrogen-bond acceptors (Lipinski definition) is 5. The second-order valence-electron chi connectivity index (χ2n) is 8.94. The van der Waals surface area contributed by atoms with Crippen LogP contribution in [-0.2, 0) is 31.1 Å². The molecule has 3 aliphatic heterocycles. The lowest BCUT2D eigenvalue weighted by Crippen LogP contribution is -2.52. The lowest BCUT2D eigenvalue weighted by atomic mass is 9.78. The Labute approximate surface area is 171 Å². The third-order valence-corrected chi connectivity index (χ3v) is 7.51. The summed E-state index contributed by atoms with van der Waals surface area (Å²) in [6, 6.07) is 6.24. The number of nitrogens with zero attached hydrogens (tertiary/aromatic N) is 1. The number of piperidine rings is 1. The molecule has 2 spiro atoms. The van der Waals surface area contributed by atoms with E-state index in [0.29, 0.717) is 19.7 Å². The van der Waals surface area contributed by atoms with Gasteiger partial charge in [-0.25, -0.2) is 0 Å². The van der Waals surface area contributed by atoms with Gasteiger partial charge in [0.05, 0.1) is 31.7 Å². The molecule has 156 valence electrons. The maximum atomic E-state index is 13.3. The van der Waals surface area contributed by atoms with Gasteiger partial charge in [-0.1, -0.05) is 6.07 Å². The molecule has 0 aromatic heterocycles. The number of esters is 1. The van der Waals surface area contributed by atoms with E-state index in [1.807, 2.05) is 11.0 Å². The maximum Gasteiger partial charge on any atom is 0.307 e. The summed E-state index contributed by atoms with van der Waals surface area (Å²) < 4.78 is 17.4. The number of likely N-dealkylation sites (tertiary alicyclic amines) is 1. The number of benzene rings is 1. The summed E-state index contributed by atoms with van der Waals surface area (Å²) in [5.74, 6) is 0.451. The van der Waals surface area contributed by atoms with Crippen LogP contribution in [0.15, 0.2) is 18.2 Å².